The van der Waals surface area contributed by atoms with Crippen LogP contribution in [0.5, 0.6) is 23.0 Å². The van der Waals surface area contributed by atoms with Crippen molar-refractivity contribution >= 4 is 23.2 Å². The highest BCUT2D eigenvalue weighted by molar-refractivity contribution is 6.42. The molecule has 0 N–H and O–H groups in total. The van der Waals surface area contributed by atoms with Gasteiger partial charge in [0.1, 0.15) is 0 Å². The summed E-state index contributed by atoms with van der Waals surface area (Å²) in [5.41, 5.74) is 0.501. The van der Waals surface area contributed by atoms with Crippen molar-refractivity contribution < 1.29 is 9.47 Å². The molecular weight excluding hydrogens is 273 g/mol. The summed E-state index contributed by atoms with van der Waals surface area (Å²) in [6.45, 7) is 0. The smallest absolute Gasteiger partial charge is 0.171 e. The molecule has 3 nitrogen and oxygen atoms in total. The summed E-state index contributed by atoms with van der Waals surface area (Å²) in [7, 11) is 0. The van der Waals surface area contributed by atoms with Crippen LogP contribution in [0, 0.1) is 11.3 Å². The Hall–Kier alpha value is -1.89. The van der Waals surface area contributed by atoms with Gasteiger partial charge in [0.15, 0.2) is 23.0 Å². The second-order valence-corrected chi connectivity index (χ2v) is 4.50. The Kier molecular flexibility index (Phi) is 2.55. The van der Waals surface area contributed by atoms with Crippen molar-refractivity contribution in [3.05, 3.63) is 45.9 Å². The fourth-order valence-electron chi connectivity index (χ4n) is 1.65. The Morgan fingerprint density at radius 3 is 2.00 bits per heavy atom. The van der Waals surface area contributed by atoms with E-state index in [0.29, 0.717) is 38.6 Å². The molecule has 1 aliphatic rings. The van der Waals surface area contributed by atoms with E-state index in [9.17, 15) is 0 Å². The lowest BCUT2D eigenvalue weighted by molar-refractivity contribution is 0.359. The fraction of sp³-hybridized carbons (Fsp3) is 0. The second kappa shape index (κ2) is 4.09. The lowest BCUT2D eigenvalue weighted by Crippen LogP contribution is -1.99. The van der Waals surface area contributed by atoms with Gasteiger partial charge in [-0.2, -0.15) is 5.26 Å². The van der Waals surface area contributed by atoms with Crippen molar-refractivity contribution in [3.63, 3.8) is 0 Å². The van der Waals surface area contributed by atoms with Gasteiger partial charge in [0.2, 0.25) is 0 Å². The predicted molar refractivity (Wildman–Crippen MR) is 67.8 cm³/mol. The van der Waals surface area contributed by atoms with Gasteiger partial charge in [-0.25, -0.2) is 0 Å². The molecule has 18 heavy (non-hydrogen) atoms. The minimum atomic E-state index is 0.388. The number of fused-ring (bicyclic) bond motifs is 2. The zero-order valence-electron chi connectivity index (χ0n) is 8.91. The molecule has 0 bridgehead atoms. The first-order valence-corrected chi connectivity index (χ1v) is 5.82. The number of rotatable bonds is 0. The van der Waals surface area contributed by atoms with Crippen molar-refractivity contribution in [1.82, 2.24) is 0 Å². The third kappa shape index (κ3) is 1.76. The number of halogens is 2. The Bertz CT molecular complexity index is 692. The molecule has 0 saturated carbocycles. The van der Waals surface area contributed by atoms with E-state index in [-0.39, 0.29) is 0 Å². The third-order valence-electron chi connectivity index (χ3n) is 2.50. The number of benzene rings is 2. The van der Waals surface area contributed by atoms with E-state index in [1.807, 2.05) is 6.07 Å². The molecule has 0 fully saturated rings. The van der Waals surface area contributed by atoms with Gasteiger partial charge in [-0.3, -0.25) is 0 Å². The van der Waals surface area contributed by atoms with Gasteiger partial charge < -0.3 is 9.47 Å². The van der Waals surface area contributed by atoms with E-state index in [4.69, 9.17) is 37.9 Å². The van der Waals surface area contributed by atoms with Crippen LogP contribution < -0.4 is 9.47 Å². The Morgan fingerprint density at radius 1 is 0.833 bits per heavy atom. The minimum absolute atomic E-state index is 0.388. The van der Waals surface area contributed by atoms with Gasteiger partial charge >= 0.3 is 0 Å². The first kappa shape index (κ1) is 11.2. The summed E-state index contributed by atoms with van der Waals surface area (Å²) in [5, 5.41) is 9.62. The molecule has 88 valence electrons. The fourth-order valence-corrected chi connectivity index (χ4v) is 1.96. The molecular formula is C13H5Cl2NO2. The van der Waals surface area contributed by atoms with Gasteiger partial charge in [0.25, 0.3) is 0 Å². The summed E-state index contributed by atoms with van der Waals surface area (Å²) in [6.07, 6.45) is 0. The van der Waals surface area contributed by atoms with E-state index >= 15 is 0 Å². The molecule has 0 amide bonds. The zero-order valence-corrected chi connectivity index (χ0v) is 10.4. The van der Waals surface area contributed by atoms with Crippen LogP contribution in [0.15, 0.2) is 30.3 Å². The zero-order chi connectivity index (χ0) is 12.7. The van der Waals surface area contributed by atoms with Crippen molar-refractivity contribution in [2.24, 2.45) is 0 Å². The molecule has 1 aliphatic heterocycles. The lowest BCUT2D eigenvalue weighted by Gasteiger charge is -2.21. The van der Waals surface area contributed by atoms with Crippen LogP contribution in [0.25, 0.3) is 0 Å². The third-order valence-corrected chi connectivity index (χ3v) is 3.22. The minimum Gasteiger partial charge on any atom is -0.449 e. The van der Waals surface area contributed by atoms with Crippen LogP contribution in [0.4, 0.5) is 0 Å². The van der Waals surface area contributed by atoms with Gasteiger partial charge in [0, 0.05) is 18.2 Å². The average molecular weight is 278 g/mol. The number of hydrogen-bond donors (Lipinski definition) is 0. The maximum atomic E-state index is 8.83. The molecule has 0 saturated heterocycles. The predicted octanol–water partition coefficient (Wildman–Crippen LogP) is 4.76. The second-order valence-electron chi connectivity index (χ2n) is 3.69. The van der Waals surface area contributed by atoms with Crippen LogP contribution in [-0.2, 0) is 0 Å². The Morgan fingerprint density at radius 2 is 1.39 bits per heavy atom. The van der Waals surface area contributed by atoms with Crippen LogP contribution in [0.3, 0.4) is 0 Å². The van der Waals surface area contributed by atoms with Crippen LogP contribution >= 0.6 is 23.2 Å². The van der Waals surface area contributed by atoms with Crippen molar-refractivity contribution in [2.75, 3.05) is 0 Å². The summed E-state index contributed by atoms with van der Waals surface area (Å²) in [6, 6.07) is 10.2. The molecule has 3 rings (SSSR count). The van der Waals surface area contributed by atoms with Crippen LogP contribution in [0.1, 0.15) is 5.56 Å². The van der Waals surface area contributed by atoms with Gasteiger partial charge in [-0.1, -0.05) is 23.2 Å². The first-order chi connectivity index (χ1) is 8.67. The van der Waals surface area contributed by atoms with Gasteiger partial charge in [-0.15, -0.1) is 0 Å². The van der Waals surface area contributed by atoms with Gasteiger partial charge in [0.05, 0.1) is 21.7 Å². The van der Waals surface area contributed by atoms with Crippen LogP contribution in [-0.4, -0.2) is 0 Å². The summed E-state index contributed by atoms with van der Waals surface area (Å²) in [5.74, 6) is 2.01. The molecule has 1 heterocycles. The molecule has 5 heteroatoms. The lowest BCUT2D eigenvalue weighted by atomic mass is 10.2. The van der Waals surface area contributed by atoms with E-state index in [0.717, 1.165) is 0 Å². The summed E-state index contributed by atoms with van der Waals surface area (Å²) >= 11 is 11.8. The van der Waals surface area contributed by atoms with E-state index in [1.165, 1.54) is 0 Å². The van der Waals surface area contributed by atoms with Crippen molar-refractivity contribution in [3.8, 4) is 29.1 Å². The first-order valence-electron chi connectivity index (χ1n) is 5.06. The molecule has 0 unspecified atom stereocenters. The van der Waals surface area contributed by atoms with Crippen LogP contribution in [0.2, 0.25) is 10.0 Å². The summed E-state index contributed by atoms with van der Waals surface area (Å²) in [4.78, 5) is 0. The topological polar surface area (TPSA) is 42.2 Å². The molecule has 0 radical (unpaired) electrons. The number of ether oxygens (including phenoxy) is 2. The normalized spacial score (nSPS) is 11.6. The largest absolute Gasteiger partial charge is 0.449 e. The maximum absolute atomic E-state index is 8.83. The van der Waals surface area contributed by atoms with E-state index in [2.05, 4.69) is 0 Å². The van der Waals surface area contributed by atoms with Crippen molar-refractivity contribution in [2.45, 2.75) is 0 Å². The molecule has 0 aromatic heterocycles. The quantitative estimate of drug-likeness (QED) is 0.595. The highest BCUT2D eigenvalue weighted by Gasteiger charge is 2.20. The molecule has 0 spiro atoms. The maximum Gasteiger partial charge on any atom is 0.171 e. The average Bonchev–Trinajstić information content (AvgIpc) is 2.37. The van der Waals surface area contributed by atoms with E-state index in [1.54, 1.807) is 30.3 Å². The molecule has 2 aromatic carbocycles. The Labute approximate surface area is 113 Å². The standard InChI is InChI=1S/C13H5Cl2NO2/c14-8-4-12-13(5-9(8)15)18-11-3-7(6-16)1-2-10(11)17-12/h1-5H. The highest BCUT2D eigenvalue weighted by Crippen LogP contribution is 2.47. The number of hydrogen-bond acceptors (Lipinski definition) is 3. The van der Waals surface area contributed by atoms with Crippen molar-refractivity contribution in [1.29, 1.82) is 5.26 Å². The molecule has 0 aliphatic carbocycles. The van der Waals surface area contributed by atoms with E-state index < -0.39 is 0 Å². The summed E-state index contributed by atoms with van der Waals surface area (Å²) < 4.78 is 11.3. The number of nitriles is 1. The molecule has 2 aromatic rings. The highest BCUT2D eigenvalue weighted by atomic mass is 35.5. The van der Waals surface area contributed by atoms with Gasteiger partial charge in [-0.05, 0) is 12.1 Å². The Balaban J connectivity index is 2.09. The SMILES string of the molecule is N#Cc1ccc2c(c1)Oc1cc(Cl)c(Cl)cc1O2. The monoisotopic (exact) mass is 277 g/mol. The molecule has 0 atom stereocenters. The number of nitrogens with zero attached hydrogens (tertiary/aromatic N) is 1.